The molecule has 1 N–H and O–H groups in total. The van der Waals surface area contributed by atoms with Gasteiger partial charge in [-0.1, -0.05) is 89.2 Å². The summed E-state index contributed by atoms with van der Waals surface area (Å²) < 4.78 is 3.12. The van der Waals surface area contributed by atoms with Gasteiger partial charge in [0, 0.05) is 6.04 Å². The first-order valence-electron chi connectivity index (χ1n) is 7.95. The van der Waals surface area contributed by atoms with E-state index in [1.807, 2.05) is 12.2 Å². The van der Waals surface area contributed by atoms with Crippen LogP contribution in [0, 0.1) is 11.8 Å². The average molecular weight is 316 g/mol. The van der Waals surface area contributed by atoms with Gasteiger partial charge in [-0.15, -0.1) is 0 Å². The normalized spacial score (nSPS) is 20.7. The van der Waals surface area contributed by atoms with Crippen LogP contribution in [0.5, 0.6) is 0 Å². The Hall–Kier alpha value is -1.25. The van der Waals surface area contributed by atoms with Crippen LogP contribution in [0.4, 0.5) is 0 Å². The first-order chi connectivity index (χ1) is 10.5. The molecule has 0 saturated heterocycles. The van der Waals surface area contributed by atoms with E-state index in [1.165, 1.54) is 16.7 Å². The van der Waals surface area contributed by atoms with E-state index in [-0.39, 0.29) is 0 Å². The minimum atomic E-state index is 0.302. The fourth-order valence-electron chi connectivity index (χ4n) is 2.70. The molecule has 0 saturated carbocycles. The maximum atomic E-state index is 4.26. The molecule has 0 aromatic heterocycles. The molecular weight excluding hydrogens is 286 g/mol. The van der Waals surface area contributed by atoms with E-state index >= 15 is 0 Å². The number of hydrogen-bond acceptors (Lipinski definition) is 2. The highest BCUT2D eigenvalue weighted by molar-refractivity contribution is 7.78. The third-order valence-corrected chi connectivity index (χ3v) is 3.90. The Balaban J connectivity index is 0.000000541. The highest BCUT2D eigenvalue weighted by atomic mass is 32.1. The Bertz CT molecular complexity index is 513. The third kappa shape index (κ3) is 5.51. The number of nitrogens with one attached hydrogen (secondary N) is 1. The number of allylic oxidation sites excluding steroid dienone is 4. The molecule has 1 nitrogen and oxygen atoms in total. The SMILES string of the molecule is C=C/C=C(\C=C)C1Cc2ccccc2C(NS)C1.CC(C)C. The number of rotatable bonds is 4. The maximum absolute atomic E-state index is 4.26. The summed E-state index contributed by atoms with van der Waals surface area (Å²) in [6.45, 7) is 14.2. The Labute approximate surface area is 141 Å². The zero-order chi connectivity index (χ0) is 16.5. The minimum absolute atomic E-state index is 0.302. The van der Waals surface area contributed by atoms with Gasteiger partial charge in [-0.05, 0) is 41.4 Å². The number of hydrogen-bond donors (Lipinski definition) is 2. The molecule has 120 valence electrons. The Morgan fingerprint density at radius 2 is 1.91 bits per heavy atom. The molecule has 2 atom stereocenters. The van der Waals surface area contributed by atoms with Crippen LogP contribution in [0.25, 0.3) is 0 Å². The van der Waals surface area contributed by atoms with Crippen molar-refractivity contribution < 1.29 is 0 Å². The second-order valence-electron chi connectivity index (χ2n) is 6.36. The molecule has 0 fully saturated rings. The van der Waals surface area contributed by atoms with Gasteiger partial charge in [-0.3, -0.25) is 4.72 Å². The Morgan fingerprint density at radius 1 is 1.27 bits per heavy atom. The van der Waals surface area contributed by atoms with Crippen molar-refractivity contribution in [2.75, 3.05) is 0 Å². The Kier molecular flexibility index (Phi) is 8.29. The van der Waals surface area contributed by atoms with Crippen LogP contribution in [-0.4, -0.2) is 0 Å². The summed E-state index contributed by atoms with van der Waals surface area (Å²) >= 11 is 4.26. The first kappa shape index (κ1) is 18.8. The molecule has 0 bridgehead atoms. The van der Waals surface area contributed by atoms with Gasteiger partial charge in [0.2, 0.25) is 0 Å². The molecule has 1 aliphatic carbocycles. The fraction of sp³-hybridized carbons (Fsp3) is 0.400. The molecule has 2 rings (SSSR count). The van der Waals surface area contributed by atoms with E-state index in [0.29, 0.717) is 12.0 Å². The minimum Gasteiger partial charge on any atom is -0.259 e. The molecular formula is C20H29NS. The molecule has 1 aromatic rings. The van der Waals surface area contributed by atoms with Crippen molar-refractivity contribution in [3.8, 4) is 0 Å². The summed E-state index contributed by atoms with van der Waals surface area (Å²) in [7, 11) is 0. The highest BCUT2D eigenvalue weighted by Crippen LogP contribution is 2.37. The van der Waals surface area contributed by atoms with E-state index < -0.39 is 0 Å². The number of fused-ring (bicyclic) bond motifs is 1. The molecule has 22 heavy (non-hydrogen) atoms. The van der Waals surface area contributed by atoms with E-state index in [4.69, 9.17) is 0 Å². The monoisotopic (exact) mass is 315 g/mol. The van der Waals surface area contributed by atoms with Crippen molar-refractivity contribution in [1.82, 2.24) is 4.72 Å². The van der Waals surface area contributed by atoms with Crippen LogP contribution in [0.15, 0.2) is 61.2 Å². The molecule has 0 aliphatic heterocycles. The lowest BCUT2D eigenvalue weighted by molar-refractivity contribution is 0.449. The van der Waals surface area contributed by atoms with Crippen LogP contribution in [0.1, 0.15) is 44.4 Å². The van der Waals surface area contributed by atoms with E-state index in [0.717, 1.165) is 18.8 Å². The van der Waals surface area contributed by atoms with Gasteiger partial charge in [0.1, 0.15) is 0 Å². The topological polar surface area (TPSA) is 12.0 Å². The molecule has 0 heterocycles. The fourth-order valence-corrected chi connectivity index (χ4v) is 2.95. The predicted octanol–water partition coefficient (Wildman–Crippen LogP) is 5.69. The lowest BCUT2D eigenvalue weighted by Gasteiger charge is -2.31. The van der Waals surface area contributed by atoms with Crippen molar-refractivity contribution >= 4 is 12.8 Å². The van der Waals surface area contributed by atoms with Gasteiger partial charge >= 0.3 is 0 Å². The standard InChI is InChI=1S/C16H19NS.C4H10/c1-3-7-12(4-2)14-10-13-8-5-6-9-15(13)16(11-14)17-18;1-4(2)3/h3-9,14,16-18H,1-2,10-11H2;4H,1-3H3/b12-7+;. The molecule has 1 aliphatic rings. The van der Waals surface area contributed by atoms with Crippen LogP contribution < -0.4 is 4.72 Å². The van der Waals surface area contributed by atoms with E-state index in [2.05, 4.69) is 81.8 Å². The van der Waals surface area contributed by atoms with Gasteiger partial charge < -0.3 is 0 Å². The molecule has 0 radical (unpaired) electrons. The molecule has 1 aromatic carbocycles. The zero-order valence-corrected chi connectivity index (χ0v) is 14.9. The van der Waals surface area contributed by atoms with Gasteiger partial charge in [-0.25, -0.2) is 0 Å². The highest BCUT2D eigenvalue weighted by Gasteiger charge is 2.26. The maximum Gasteiger partial charge on any atom is 0.0427 e. The predicted molar refractivity (Wildman–Crippen MR) is 102 cm³/mol. The smallest absolute Gasteiger partial charge is 0.0427 e. The van der Waals surface area contributed by atoms with Crippen molar-refractivity contribution in [3.63, 3.8) is 0 Å². The summed E-state index contributed by atoms with van der Waals surface area (Å²) in [5, 5.41) is 0. The van der Waals surface area contributed by atoms with Gasteiger partial charge in [-0.2, -0.15) is 0 Å². The van der Waals surface area contributed by atoms with E-state index in [1.54, 1.807) is 0 Å². The second-order valence-corrected chi connectivity index (χ2v) is 6.61. The largest absolute Gasteiger partial charge is 0.259 e. The lowest BCUT2D eigenvalue weighted by Crippen LogP contribution is -2.25. The van der Waals surface area contributed by atoms with Gasteiger partial charge in [0.05, 0.1) is 0 Å². The second kappa shape index (κ2) is 9.70. The van der Waals surface area contributed by atoms with Crippen LogP contribution in [0.2, 0.25) is 0 Å². The van der Waals surface area contributed by atoms with Gasteiger partial charge in [0.25, 0.3) is 0 Å². The van der Waals surface area contributed by atoms with Crippen LogP contribution in [-0.2, 0) is 6.42 Å². The van der Waals surface area contributed by atoms with Crippen molar-refractivity contribution in [2.24, 2.45) is 11.8 Å². The van der Waals surface area contributed by atoms with Gasteiger partial charge in [0.15, 0.2) is 0 Å². The van der Waals surface area contributed by atoms with Crippen molar-refractivity contribution in [2.45, 2.75) is 39.7 Å². The van der Waals surface area contributed by atoms with Crippen LogP contribution >= 0.6 is 12.8 Å². The summed E-state index contributed by atoms with van der Waals surface area (Å²) in [6, 6.07) is 8.88. The van der Waals surface area contributed by atoms with E-state index in [9.17, 15) is 0 Å². The summed E-state index contributed by atoms with van der Waals surface area (Å²) in [4.78, 5) is 0. The van der Waals surface area contributed by atoms with Crippen molar-refractivity contribution in [1.29, 1.82) is 0 Å². The first-order valence-corrected chi connectivity index (χ1v) is 8.40. The van der Waals surface area contributed by atoms with Crippen molar-refractivity contribution in [3.05, 3.63) is 72.4 Å². The number of thiol groups is 1. The molecule has 0 amide bonds. The summed E-state index contributed by atoms with van der Waals surface area (Å²) in [5.41, 5.74) is 4.02. The third-order valence-electron chi connectivity index (χ3n) is 3.59. The Morgan fingerprint density at radius 3 is 2.45 bits per heavy atom. The zero-order valence-electron chi connectivity index (χ0n) is 14.0. The molecule has 2 unspecified atom stereocenters. The van der Waals surface area contributed by atoms with Crippen LogP contribution in [0.3, 0.4) is 0 Å². The lowest BCUT2D eigenvalue weighted by atomic mass is 9.77. The average Bonchev–Trinajstić information content (AvgIpc) is 2.51. The summed E-state index contributed by atoms with van der Waals surface area (Å²) in [5.74, 6) is 1.32. The number of benzene rings is 1. The summed E-state index contributed by atoms with van der Waals surface area (Å²) in [6.07, 6.45) is 7.94. The molecule has 0 spiro atoms. The quantitative estimate of drug-likeness (QED) is 0.537. The molecule has 2 heteroatoms.